The van der Waals surface area contributed by atoms with Crippen molar-refractivity contribution in [2.45, 2.75) is 40.8 Å². The lowest BCUT2D eigenvalue weighted by molar-refractivity contribution is -0.128. The zero-order valence-corrected chi connectivity index (χ0v) is 32.9. The van der Waals surface area contributed by atoms with Crippen molar-refractivity contribution in [3.05, 3.63) is 228 Å². The predicted molar refractivity (Wildman–Crippen MR) is 225 cm³/mol. The monoisotopic (exact) mass is 802 g/mol. The number of hydrogen-bond donors (Lipinski definition) is 0. The normalized spacial score (nSPS) is 18.3. The zero-order chi connectivity index (χ0) is 40.2. The number of benzene rings is 6. The highest BCUT2D eigenvalue weighted by atomic mass is 32.2. The van der Waals surface area contributed by atoms with Crippen LogP contribution in [0.2, 0.25) is 0 Å². The summed E-state index contributed by atoms with van der Waals surface area (Å²) in [5.74, 6) is 0. The van der Waals surface area contributed by atoms with Crippen molar-refractivity contribution in [3.63, 3.8) is 0 Å². The highest BCUT2D eigenvalue weighted by Crippen LogP contribution is 2.48. The molecule has 0 radical (unpaired) electrons. The molecule has 294 valence electrons. The van der Waals surface area contributed by atoms with Crippen molar-refractivity contribution >= 4 is 22.9 Å². The predicted octanol–water partition coefficient (Wildman–Crippen LogP) is 10.3. The molecule has 0 N–H and O–H groups in total. The van der Waals surface area contributed by atoms with E-state index < -0.39 is 41.9 Å². The number of aromatic nitrogens is 4. The van der Waals surface area contributed by atoms with Crippen molar-refractivity contribution in [1.29, 1.82) is 0 Å². The molecule has 0 unspecified atom stereocenters. The third-order valence-corrected chi connectivity index (χ3v) is 11.6. The fraction of sp³-hybridized carbons (Fsp3) is 0.163. The lowest BCUT2D eigenvalue weighted by Gasteiger charge is -2.40. The van der Waals surface area contributed by atoms with Crippen molar-refractivity contribution in [2.75, 3.05) is 12.9 Å². The summed E-state index contributed by atoms with van der Waals surface area (Å²) >= 11 is 1.23. The minimum atomic E-state index is -1.81. The van der Waals surface area contributed by atoms with Gasteiger partial charge in [0, 0.05) is 0 Å². The third kappa shape index (κ3) is 7.02. The molecule has 4 atom stereocenters. The maximum atomic E-state index is 18.0. The number of imidazole rings is 1. The first-order valence-corrected chi connectivity index (χ1v) is 20.6. The van der Waals surface area contributed by atoms with E-state index in [9.17, 15) is 4.39 Å². The summed E-state index contributed by atoms with van der Waals surface area (Å²) in [6, 6.07) is 59.4. The number of thioether (sulfide) groups is 1. The van der Waals surface area contributed by atoms with Crippen LogP contribution in [0.1, 0.15) is 39.6 Å². The summed E-state index contributed by atoms with van der Waals surface area (Å²) in [6.45, 7) is -0.110. The minimum absolute atomic E-state index is 0.110. The van der Waals surface area contributed by atoms with E-state index in [1.807, 2.05) is 182 Å². The van der Waals surface area contributed by atoms with Gasteiger partial charge in [-0.3, -0.25) is 4.57 Å². The van der Waals surface area contributed by atoms with Crippen molar-refractivity contribution in [3.8, 4) is 0 Å². The molecule has 0 saturated carbocycles. The Labute approximate surface area is 345 Å². The Morgan fingerprint density at radius 2 is 1.02 bits per heavy atom. The molecule has 6 aromatic carbocycles. The lowest BCUT2D eigenvalue weighted by atomic mass is 9.79. The largest absolute Gasteiger partial charge is 0.358 e. The summed E-state index contributed by atoms with van der Waals surface area (Å²) in [4.78, 5) is 12.5. The Morgan fingerprint density at radius 1 is 0.610 bits per heavy atom. The van der Waals surface area contributed by atoms with E-state index in [0.29, 0.717) is 10.5 Å². The fourth-order valence-corrected chi connectivity index (χ4v) is 8.79. The van der Waals surface area contributed by atoms with E-state index in [2.05, 4.69) is 15.0 Å². The Kier molecular flexibility index (Phi) is 10.9. The molecule has 1 aliphatic rings. The van der Waals surface area contributed by atoms with Gasteiger partial charge in [0.15, 0.2) is 18.0 Å². The van der Waals surface area contributed by atoms with E-state index in [1.165, 1.54) is 22.7 Å². The number of ether oxygens (including phenoxy) is 3. The first-order valence-electron chi connectivity index (χ1n) is 19.4. The molecule has 9 rings (SSSR count). The molecule has 0 bridgehead atoms. The Morgan fingerprint density at radius 3 is 1.42 bits per heavy atom. The summed E-state index contributed by atoms with van der Waals surface area (Å²) in [5.41, 5.74) is 3.05. The van der Waals surface area contributed by atoms with Gasteiger partial charge in [-0.05, 0) is 39.6 Å². The molecule has 59 heavy (non-hydrogen) atoms. The Bertz CT molecular complexity index is 2410. The zero-order valence-electron chi connectivity index (χ0n) is 32.1. The van der Waals surface area contributed by atoms with Gasteiger partial charge in [0.2, 0.25) is 0 Å². The first kappa shape index (κ1) is 38.5. The van der Waals surface area contributed by atoms with Crippen LogP contribution in [0.4, 0.5) is 8.78 Å². The maximum absolute atomic E-state index is 18.0. The standard InChI is InChI=1S/C49H40F2N4O3S/c1-59-45-42-44(53-47(51)54-45)55(33-52-42)46-41(50)43(58-49(37-26-14-5-15-27-37,38-28-16-6-17-29-38)39-30-18-7-19-31-39)40(57-46)32-56-48(34-20-8-2-9-21-34,35-22-10-3-11-23-35)36-24-12-4-13-25-36/h2-31,33,40-41,43,46H,32H2,1H3/t40-,41+,43-,46-/m1/s1. The van der Waals surface area contributed by atoms with Gasteiger partial charge < -0.3 is 14.2 Å². The number of nitrogens with zero attached hydrogens (tertiary/aromatic N) is 4. The van der Waals surface area contributed by atoms with E-state index in [-0.39, 0.29) is 12.3 Å². The summed E-state index contributed by atoms with van der Waals surface area (Å²) in [7, 11) is 0. The van der Waals surface area contributed by atoms with Crippen LogP contribution >= 0.6 is 11.8 Å². The second-order valence-corrected chi connectivity index (χ2v) is 15.1. The molecule has 7 nitrogen and oxygen atoms in total. The van der Waals surface area contributed by atoms with Gasteiger partial charge in [-0.2, -0.15) is 14.4 Å². The van der Waals surface area contributed by atoms with Gasteiger partial charge >= 0.3 is 6.08 Å². The SMILES string of the molecule is CSc1nc(F)nc2c1ncn2[C@@H]1O[C@H](COC(c2ccccc2)(c2ccccc2)c2ccccc2)[C@@H](OC(c2ccccc2)(c2ccccc2)c2ccccc2)[C@@H]1F. The van der Waals surface area contributed by atoms with Crippen LogP contribution in [0.5, 0.6) is 0 Å². The maximum Gasteiger partial charge on any atom is 0.311 e. The van der Waals surface area contributed by atoms with Gasteiger partial charge in [0.1, 0.15) is 34.0 Å². The van der Waals surface area contributed by atoms with Crippen LogP contribution < -0.4 is 0 Å². The van der Waals surface area contributed by atoms with Crippen LogP contribution in [-0.2, 0) is 25.4 Å². The summed E-state index contributed by atoms with van der Waals surface area (Å²) in [6.07, 6.45) is -3.13. The lowest BCUT2D eigenvalue weighted by Crippen LogP contribution is -2.45. The van der Waals surface area contributed by atoms with E-state index in [1.54, 1.807) is 6.26 Å². The van der Waals surface area contributed by atoms with Gasteiger partial charge in [-0.15, -0.1) is 11.8 Å². The first-order chi connectivity index (χ1) is 29.0. The molecule has 8 aromatic rings. The molecule has 2 aromatic heterocycles. The smallest absolute Gasteiger partial charge is 0.311 e. The summed E-state index contributed by atoms with van der Waals surface area (Å²) in [5, 5.41) is 0.335. The quantitative estimate of drug-likeness (QED) is 0.0498. The second-order valence-electron chi connectivity index (χ2n) is 14.3. The van der Waals surface area contributed by atoms with Gasteiger partial charge in [0.25, 0.3) is 0 Å². The molecule has 1 aliphatic heterocycles. The van der Waals surface area contributed by atoms with Crippen molar-refractivity contribution < 1.29 is 23.0 Å². The molecule has 3 heterocycles. The highest BCUT2D eigenvalue weighted by molar-refractivity contribution is 7.98. The molecule has 1 saturated heterocycles. The molecule has 0 aliphatic carbocycles. The van der Waals surface area contributed by atoms with Crippen LogP contribution in [0.3, 0.4) is 0 Å². The Balaban J connectivity index is 1.22. The molecule has 0 spiro atoms. The molecular weight excluding hydrogens is 763 g/mol. The molecular formula is C49H40F2N4O3S. The van der Waals surface area contributed by atoms with E-state index in [0.717, 1.165) is 33.4 Å². The van der Waals surface area contributed by atoms with Crippen LogP contribution in [0.15, 0.2) is 193 Å². The van der Waals surface area contributed by atoms with Crippen LogP contribution in [-0.4, -0.2) is 50.8 Å². The van der Waals surface area contributed by atoms with E-state index in [4.69, 9.17) is 14.2 Å². The second kappa shape index (κ2) is 16.7. The molecule has 10 heteroatoms. The fourth-order valence-electron chi connectivity index (χ4n) is 8.29. The van der Waals surface area contributed by atoms with Crippen LogP contribution in [0, 0.1) is 6.08 Å². The topological polar surface area (TPSA) is 71.3 Å². The van der Waals surface area contributed by atoms with Crippen molar-refractivity contribution in [1.82, 2.24) is 19.5 Å². The van der Waals surface area contributed by atoms with Gasteiger partial charge in [-0.25, -0.2) is 9.37 Å². The number of fused-ring (bicyclic) bond motifs is 1. The van der Waals surface area contributed by atoms with Gasteiger partial charge in [0.05, 0.1) is 12.9 Å². The Hall–Kier alpha value is -6.04. The average Bonchev–Trinajstić information content (AvgIpc) is 3.86. The summed E-state index contributed by atoms with van der Waals surface area (Å²) < 4.78 is 56.0. The molecule has 1 fully saturated rings. The number of halogens is 2. The third-order valence-electron chi connectivity index (χ3n) is 11.0. The minimum Gasteiger partial charge on any atom is -0.358 e. The van der Waals surface area contributed by atoms with Crippen molar-refractivity contribution in [2.24, 2.45) is 0 Å². The highest BCUT2D eigenvalue weighted by Gasteiger charge is 2.53. The van der Waals surface area contributed by atoms with Gasteiger partial charge in [-0.1, -0.05) is 182 Å². The molecule has 0 amide bonds. The van der Waals surface area contributed by atoms with E-state index >= 15 is 4.39 Å². The average molecular weight is 803 g/mol. The van der Waals surface area contributed by atoms with Crippen LogP contribution in [0.25, 0.3) is 11.2 Å². The number of alkyl halides is 1. The number of hydrogen-bond acceptors (Lipinski definition) is 7. The number of rotatable bonds is 13.